The molecule has 0 saturated heterocycles. The Bertz CT molecular complexity index is 459. The van der Waals surface area contributed by atoms with Crippen molar-refractivity contribution >= 4 is 21.4 Å². The van der Waals surface area contributed by atoms with Crippen molar-refractivity contribution in [3.05, 3.63) is 45.3 Å². The molecular formula is C11H11NO2S. The van der Waals surface area contributed by atoms with Gasteiger partial charge in [-0.15, -0.1) is 11.3 Å². The SMILES string of the molecule is CC(Cc1cc2ccccc2s1)[N+](=O)[O-]. The maximum Gasteiger partial charge on any atom is 0.215 e. The standard InChI is InChI=1S/C11H11NO2S/c1-8(12(13)14)6-10-7-9-4-2-3-5-11(9)15-10/h2-5,7-8H,6H2,1H3. The molecule has 0 aliphatic carbocycles. The Kier molecular flexibility index (Phi) is 2.68. The van der Waals surface area contributed by atoms with Crippen LogP contribution in [0.25, 0.3) is 10.1 Å². The van der Waals surface area contributed by atoms with E-state index in [-0.39, 0.29) is 4.92 Å². The molecule has 3 nitrogen and oxygen atoms in total. The van der Waals surface area contributed by atoms with Gasteiger partial charge in [-0.2, -0.15) is 0 Å². The van der Waals surface area contributed by atoms with Crippen LogP contribution in [0, 0.1) is 10.1 Å². The van der Waals surface area contributed by atoms with Crippen molar-refractivity contribution < 1.29 is 4.92 Å². The van der Waals surface area contributed by atoms with E-state index in [1.54, 1.807) is 18.3 Å². The van der Waals surface area contributed by atoms with Gasteiger partial charge in [0.1, 0.15) is 0 Å². The minimum atomic E-state index is -0.502. The molecule has 0 aliphatic rings. The minimum absolute atomic E-state index is 0.232. The molecule has 2 rings (SSSR count). The monoisotopic (exact) mass is 221 g/mol. The van der Waals surface area contributed by atoms with Crippen molar-refractivity contribution in [3.8, 4) is 0 Å². The van der Waals surface area contributed by atoms with Crippen LogP contribution in [-0.4, -0.2) is 11.0 Å². The van der Waals surface area contributed by atoms with Gasteiger partial charge < -0.3 is 0 Å². The summed E-state index contributed by atoms with van der Waals surface area (Å²) in [5.74, 6) is 0. The maximum atomic E-state index is 10.5. The first-order valence-electron chi connectivity index (χ1n) is 4.78. The molecule has 0 bridgehead atoms. The van der Waals surface area contributed by atoms with E-state index in [4.69, 9.17) is 0 Å². The number of fused-ring (bicyclic) bond motifs is 1. The summed E-state index contributed by atoms with van der Waals surface area (Å²) in [6.07, 6.45) is 0.520. The molecule has 1 heterocycles. The Balaban J connectivity index is 2.26. The van der Waals surface area contributed by atoms with Crippen LogP contribution in [0.5, 0.6) is 0 Å². The Morgan fingerprint density at radius 2 is 2.20 bits per heavy atom. The third kappa shape index (κ3) is 2.15. The van der Waals surface area contributed by atoms with Gasteiger partial charge in [0.05, 0.1) is 0 Å². The summed E-state index contributed by atoms with van der Waals surface area (Å²) in [6.45, 7) is 1.64. The normalized spacial score (nSPS) is 12.9. The first-order chi connectivity index (χ1) is 7.16. The maximum absolute atomic E-state index is 10.5. The fourth-order valence-corrected chi connectivity index (χ4v) is 2.69. The second kappa shape index (κ2) is 3.98. The van der Waals surface area contributed by atoms with Crippen LogP contribution in [-0.2, 0) is 6.42 Å². The molecule has 0 aliphatic heterocycles. The molecule has 2 aromatic rings. The number of hydrogen-bond acceptors (Lipinski definition) is 3. The minimum Gasteiger partial charge on any atom is -0.264 e. The molecular weight excluding hydrogens is 210 g/mol. The molecule has 4 heteroatoms. The largest absolute Gasteiger partial charge is 0.264 e. The van der Waals surface area contributed by atoms with E-state index < -0.39 is 6.04 Å². The topological polar surface area (TPSA) is 43.1 Å². The van der Waals surface area contributed by atoms with Gasteiger partial charge in [-0.3, -0.25) is 10.1 Å². The lowest BCUT2D eigenvalue weighted by atomic mass is 10.2. The van der Waals surface area contributed by atoms with Crippen molar-refractivity contribution in [3.63, 3.8) is 0 Å². The summed E-state index contributed by atoms with van der Waals surface area (Å²) in [6, 6.07) is 9.58. The van der Waals surface area contributed by atoms with Crippen molar-refractivity contribution in [2.45, 2.75) is 19.4 Å². The lowest BCUT2D eigenvalue weighted by molar-refractivity contribution is -0.517. The van der Waals surface area contributed by atoms with Crippen molar-refractivity contribution in [2.75, 3.05) is 0 Å². The number of thiophene rings is 1. The zero-order valence-electron chi connectivity index (χ0n) is 8.34. The highest BCUT2D eigenvalue weighted by Gasteiger charge is 2.14. The lowest BCUT2D eigenvalue weighted by Crippen LogP contribution is -2.16. The molecule has 78 valence electrons. The Morgan fingerprint density at radius 3 is 2.87 bits per heavy atom. The quantitative estimate of drug-likeness (QED) is 0.590. The van der Waals surface area contributed by atoms with Crippen LogP contribution in [0.15, 0.2) is 30.3 Å². The summed E-state index contributed by atoms with van der Waals surface area (Å²) in [7, 11) is 0. The van der Waals surface area contributed by atoms with Crippen LogP contribution in [0.4, 0.5) is 0 Å². The number of benzene rings is 1. The highest BCUT2D eigenvalue weighted by Crippen LogP contribution is 2.26. The van der Waals surface area contributed by atoms with Crippen molar-refractivity contribution in [2.24, 2.45) is 0 Å². The molecule has 0 fully saturated rings. The summed E-state index contributed by atoms with van der Waals surface area (Å²) in [5.41, 5.74) is 0. The number of rotatable bonds is 3. The van der Waals surface area contributed by atoms with Crippen LogP contribution in [0.1, 0.15) is 11.8 Å². The molecule has 0 spiro atoms. The van der Waals surface area contributed by atoms with E-state index in [0.29, 0.717) is 6.42 Å². The van der Waals surface area contributed by atoms with Crippen molar-refractivity contribution in [1.29, 1.82) is 0 Å². The second-order valence-electron chi connectivity index (χ2n) is 3.59. The van der Waals surface area contributed by atoms with E-state index in [1.807, 2.05) is 30.3 Å². The Labute approximate surface area is 91.5 Å². The first kappa shape index (κ1) is 10.1. The molecule has 1 atom stereocenters. The van der Waals surface area contributed by atoms with Gasteiger partial charge in [0.2, 0.25) is 6.04 Å². The average molecular weight is 221 g/mol. The van der Waals surface area contributed by atoms with Crippen molar-refractivity contribution in [1.82, 2.24) is 0 Å². The third-order valence-corrected chi connectivity index (χ3v) is 3.47. The predicted molar refractivity (Wildman–Crippen MR) is 62.0 cm³/mol. The number of hydrogen-bond donors (Lipinski definition) is 0. The highest BCUT2D eigenvalue weighted by molar-refractivity contribution is 7.19. The molecule has 0 radical (unpaired) electrons. The number of nitrogens with zero attached hydrogens (tertiary/aromatic N) is 1. The summed E-state index contributed by atoms with van der Waals surface area (Å²) >= 11 is 1.64. The third-order valence-electron chi connectivity index (χ3n) is 2.33. The zero-order valence-corrected chi connectivity index (χ0v) is 9.16. The highest BCUT2D eigenvalue weighted by atomic mass is 32.1. The van der Waals surface area contributed by atoms with E-state index in [1.165, 1.54) is 10.1 Å². The van der Waals surface area contributed by atoms with Gasteiger partial charge in [0.25, 0.3) is 0 Å². The fourth-order valence-electron chi connectivity index (χ4n) is 1.50. The molecule has 1 unspecified atom stereocenters. The molecule has 15 heavy (non-hydrogen) atoms. The predicted octanol–water partition coefficient (Wildman–Crippen LogP) is 3.11. The van der Waals surface area contributed by atoms with E-state index in [2.05, 4.69) is 0 Å². The average Bonchev–Trinajstić information content (AvgIpc) is 2.59. The Hall–Kier alpha value is -1.42. The lowest BCUT2D eigenvalue weighted by Gasteiger charge is -1.99. The molecule has 1 aromatic heterocycles. The Morgan fingerprint density at radius 1 is 1.47 bits per heavy atom. The van der Waals surface area contributed by atoms with Gasteiger partial charge >= 0.3 is 0 Å². The second-order valence-corrected chi connectivity index (χ2v) is 4.76. The van der Waals surface area contributed by atoms with Crippen LogP contribution >= 0.6 is 11.3 Å². The van der Waals surface area contributed by atoms with E-state index in [0.717, 1.165) is 4.88 Å². The van der Waals surface area contributed by atoms with E-state index in [9.17, 15) is 10.1 Å². The summed E-state index contributed by atoms with van der Waals surface area (Å²) < 4.78 is 1.20. The summed E-state index contributed by atoms with van der Waals surface area (Å²) in [4.78, 5) is 11.4. The van der Waals surface area contributed by atoms with E-state index >= 15 is 0 Å². The fraction of sp³-hybridized carbons (Fsp3) is 0.273. The smallest absolute Gasteiger partial charge is 0.215 e. The van der Waals surface area contributed by atoms with Crippen LogP contribution < -0.4 is 0 Å². The molecule has 0 saturated carbocycles. The number of nitro groups is 1. The van der Waals surface area contributed by atoms with Crippen LogP contribution in [0.2, 0.25) is 0 Å². The zero-order chi connectivity index (χ0) is 10.8. The van der Waals surface area contributed by atoms with Crippen LogP contribution in [0.3, 0.4) is 0 Å². The van der Waals surface area contributed by atoms with Gasteiger partial charge in [-0.25, -0.2) is 0 Å². The molecule has 1 aromatic carbocycles. The summed E-state index contributed by atoms with van der Waals surface area (Å²) in [5, 5.41) is 11.7. The van der Waals surface area contributed by atoms with Gasteiger partial charge in [0.15, 0.2) is 0 Å². The first-order valence-corrected chi connectivity index (χ1v) is 5.59. The molecule has 0 N–H and O–H groups in total. The van der Waals surface area contributed by atoms with Gasteiger partial charge in [-0.05, 0) is 17.5 Å². The van der Waals surface area contributed by atoms with Gasteiger partial charge in [0, 0.05) is 27.8 Å². The van der Waals surface area contributed by atoms with Gasteiger partial charge in [-0.1, -0.05) is 18.2 Å². The molecule has 0 amide bonds.